The number of halogens is 1. The van der Waals surface area contributed by atoms with Gasteiger partial charge in [-0.2, -0.15) is 4.99 Å². The minimum atomic E-state index is -1.56. The lowest BCUT2D eigenvalue weighted by molar-refractivity contribution is -0.130. The van der Waals surface area contributed by atoms with Crippen molar-refractivity contribution in [1.29, 1.82) is 0 Å². The van der Waals surface area contributed by atoms with Crippen LogP contribution in [0.2, 0.25) is 5.02 Å². The lowest BCUT2D eigenvalue weighted by Crippen LogP contribution is -2.24. The average Bonchev–Trinajstić information content (AvgIpc) is 2.28. The highest BCUT2D eigenvalue weighted by Crippen LogP contribution is 2.20. The topological polar surface area (TPSA) is 95.8 Å². The summed E-state index contributed by atoms with van der Waals surface area (Å²) in [6, 6.07) is 5.39. The van der Waals surface area contributed by atoms with Gasteiger partial charge >= 0.3 is 12.0 Å². The number of ketones is 1. The number of nitrogens with zero attached hydrogens (tertiary/aromatic N) is 1. The molecular formula is C11H9ClN2O4. The molecule has 0 atom stereocenters. The second kappa shape index (κ2) is 5.92. The highest BCUT2D eigenvalue weighted by Gasteiger charge is 2.17. The maximum atomic E-state index is 11.4. The predicted molar refractivity (Wildman–Crippen MR) is 66.2 cm³/mol. The van der Waals surface area contributed by atoms with Gasteiger partial charge in [-0.05, 0) is 12.1 Å². The zero-order valence-electron chi connectivity index (χ0n) is 9.31. The maximum absolute atomic E-state index is 11.4. The molecule has 0 aliphatic rings. The number of nitrogens with one attached hydrogen (secondary N) is 1. The number of carboxylic acids is 1. The quantitative estimate of drug-likeness (QED) is 0.647. The van der Waals surface area contributed by atoms with Crippen LogP contribution in [-0.2, 0) is 9.59 Å². The number of benzene rings is 1. The molecule has 0 saturated carbocycles. The number of anilines is 1. The minimum absolute atomic E-state index is 0.278. The number of hydrogen-bond acceptors (Lipinski definition) is 3. The van der Waals surface area contributed by atoms with Crippen molar-refractivity contribution < 1.29 is 19.5 Å². The molecule has 2 N–H and O–H groups in total. The zero-order chi connectivity index (χ0) is 13.7. The van der Waals surface area contributed by atoms with Gasteiger partial charge in [0.05, 0.1) is 10.7 Å². The third kappa shape index (κ3) is 3.67. The third-order valence-corrected chi connectivity index (χ3v) is 2.19. The predicted octanol–water partition coefficient (Wildman–Crippen LogP) is 1.99. The molecule has 0 fully saturated rings. The molecule has 0 aliphatic carbocycles. The first-order chi connectivity index (χ1) is 8.41. The van der Waals surface area contributed by atoms with Crippen LogP contribution in [0, 0.1) is 0 Å². The van der Waals surface area contributed by atoms with E-state index in [2.05, 4.69) is 10.3 Å². The Bertz CT molecular complexity index is 524. The standard InChI is InChI=1S/C11H9ClN2O4/c1-6(15)9(10(16)17)14-11(18)13-8-5-3-2-4-7(8)12/h2-5H,1H3,(H,13,18)(H,16,17)/b14-9+. The third-order valence-electron chi connectivity index (χ3n) is 1.86. The number of carbonyl (C=O) groups excluding carboxylic acids is 2. The molecule has 0 heterocycles. The van der Waals surface area contributed by atoms with E-state index in [0.717, 1.165) is 6.92 Å². The van der Waals surface area contributed by atoms with Crippen LogP contribution in [0.5, 0.6) is 0 Å². The summed E-state index contributed by atoms with van der Waals surface area (Å²) < 4.78 is 0. The summed E-state index contributed by atoms with van der Waals surface area (Å²) >= 11 is 5.78. The summed E-state index contributed by atoms with van der Waals surface area (Å²) in [5.41, 5.74) is -0.555. The molecule has 2 amide bonds. The van der Waals surface area contributed by atoms with Crippen molar-refractivity contribution in [2.24, 2.45) is 4.99 Å². The van der Waals surface area contributed by atoms with E-state index in [1.807, 2.05) is 0 Å². The Kier molecular flexibility index (Phi) is 4.56. The molecule has 1 aromatic carbocycles. The molecule has 18 heavy (non-hydrogen) atoms. The fourth-order valence-electron chi connectivity index (χ4n) is 1.08. The van der Waals surface area contributed by atoms with Gasteiger partial charge in [-0.25, -0.2) is 9.59 Å². The minimum Gasteiger partial charge on any atom is -0.476 e. The van der Waals surface area contributed by atoms with Gasteiger partial charge in [0.25, 0.3) is 0 Å². The Labute approximate surface area is 107 Å². The first kappa shape index (κ1) is 13.9. The zero-order valence-corrected chi connectivity index (χ0v) is 10.1. The second-order valence-electron chi connectivity index (χ2n) is 3.23. The summed E-state index contributed by atoms with van der Waals surface area (Å²) in [5, 5.41) is 11.2. The highest BCUT2D eigenvalue weighted by molar-refractivity contribution is 6.64. The van der Waals surface area contributed by atoms with Gasteiger partial charge in [0.1, 0.15) is 0 Å². The van der Waals surface area contributed by atoms with Crippen LogP contribution in [0.15, 0.2) is 29.3 Å². The van der Waals surface area contributed by atoms with Gasteiger partial charge in [0, 0.05) is 6.92 Å². The van der Waals surface area contributed by atoms with Crippen molar-refractivity contribution in [3.05, 3.63) is 29.3 Å². The van der Waals surface area contributed by atoms with Gasteiger partial charge in [0.2, 0.25) is 0 Å². The van der Waals surface area contributed by atoms with E-state index >= 15 is 0 Å². The molecule has 0 unspecified atom stereocenters. The Morgan fingerprint density at radius 3 is 2.39 bits per heavy atom. The maximum Gasteiger partial charge on any atom is 0.358 e. The Hall–Kier alpha value is -2.21. The van der Waals surface area contributed by atoms with E-state index in [0.29, 0.717) is 0 Å². The number of Topliss-reactive ketones (excluding diaryl/α,β-unsaturated/α-hetero) is 1. The van der Waals surface area contributed by atoms with E-state index in [9.17, 15) is 14.4 Å². The number of amides is 2. The SMILES string of the molecule is CC(=O)/C(=N\C(=O)Nc1ccccc1Cl)C(=O)O. The van der Waals surface area contributed by atoms with Crippen molar-refractivity contribution >= 4 is 40.8 Å². The Balaban J connectivity index is 2.90. The largest absolute Gasteiger partial charge is 0.476 e. The highest BCUT2D eigenvalue weighted by atomic mass is 35.5. The lowest BCUT2D eigenvalue weighted by Gasteiger charge is -2.03. The molecule has 6 nitrogen and oxygen atoms in total. The second-order valence-corrected chi connectivity index (χ2v) is 3.64. The van der Waals surface area contributed by atoms with Gasteiger partial charge in [-0.3, -0.25) is 4.79 Å². The number of para-hydroxylation sites is 1. The molecule has 94 valence electrons. The molecule has 0 saturated heterocycles. The molecule has 0 radical (unpaired) electrons. The Morgan fingerprint density at radius 1 is 1.28 bits per heavy atom. The molecular weight excluding hydrogens is 260 g/mol. The number of carboxylic acid groups (broad SMARTS) is 1. The van der Waals surface area contributed by atoms with E-state index in [-0.39, 0.29) is 10.7 Å². The number of aliphatic carboxylic acids is 1. The van der Waals surface area contributed by atoms with Crippen LogP contribution in [-0.4, -0.2) is 28.6 Å². The molecule has 7 heteroatoms. The first-order valence-corrected chi connectivity index (χ1v) is 5.18. The molecule has 0 aliphatic heterocycles. The molecule has 0 spiro atoms. The van der Waals surface area contributed by atoms with Crippen LogP contribution >= 0.6 is 11.6 Å². The normalized spacial score (nSPS) is 10.9. The number of carbonyl (C=O) groups is 3. The van der Waals surface area contributed by atoms with Crippen LogP contribution in [0.1, 0.15) is 6.92 Å². The fraction of sp³-hybridized carbons (Fsp3) is 0.0909. The number of hydrogen-bond donors (Lipinski definition) is 2. The van der Waals surface area contributed by atoms with Gasteiger partial charge in [0.15, 0.2) is 11.5 Å². The van der Waals surface area contributed by atoms with Gasteiger partial charge in [-0.1, -0.05) is 23.7 Å². The first-order valence-electron chi connectivity index (χ1n) is 4.80. The van der Waals surface area contributed by atoms with Crippen molar-refractivity contribution in [3.63, 3.8) is 0 Å². The molecule has 0 aromatic heterocycles. The number of rotatable bonds is 3. The Morgan fingerprint density at radius 2 is 1.89 bits per heavy atom. The molecule has 1 aromatic rings. The lowest BCUT2D eigenvalue weighted by atomic mass is 10.3. The van der Waals surface area contributed by atoms with Crippen LogP contribution < -0.4 is 5.32 Å². The average molecular weight is 269 g/mol. The molecule has 0 bridgehead atoms. The summed E-state index contributed by atoms with van der Waals surface area (Å²) in [4.78, 5) is 36.1. The molecule has 1 rings (SSSR count). The van der Waals surface area contributed by atoms with E-state index < -0.39 is 23.5 Å². The number of aliphatic imine (C=N–C) groups is 1. The van der Waals surface area contributed by atoms with Crippen molar-refractivity contribution in [3.8, 4) is 0 Å². The van der Waals surface area contributed by atoms with Crippen LogP contribution in [0.25, 0.3) is 0 Å². The summed E-state index contributed by atoms with van der Waals surface area (Å²) in [6.07, 6.45) is 0. The van der Waals surface area contributed by atoms with Crippen molar-refractivity contribution in [1.82, 2.24) is 0 Å². The number of urea groups is 1. The summed E-state index contributed by atoms with van der Waals surface area (Å²) in [7, 11) is 0. The fourth-order valence-corrected chi connectivity index (χ4v) is 1.27. The van der Waals surface area contributed by atoms with Crippen LogP contribution in [0.3, 0.4) is 0 Å². The van der Waals surface area contributed by atoms with E-state index in [4.69, 9.17) is 16.7 Å². The summed E-state index contributed by atoms with van der Waals surface area (Å²) in [6.45, 7) is 1.01. The van der Waals surface area contributed by atoms with E-state index in [1.165, 1.54) is 6.07 Å². The van der Waals surface area contributed by atoms with Crippen molar-refractivity contribution in [2.45, 2.75) is 6.92 Å². The van der Waals surface area contributed by atoms with Gasteiger partial charge < -0.3 is 10.4 Å². The van der Waals surface area contributed by atoms with Gasteiger partial charge in [-0.15, -0.1) is 0 Å². The van der Waals surface area contributed by atoms with Crippen molar-refractivity contribution in [2.75, 3.05) is 5.32 Å². The monoisotopic (exact) mass is 268 g/mol. The smallest absolute Gasteiger partial charge is 0.358 e. The van der Waals surface area contributed by atoms with E-state index in [1.54, 1.807) is 18.2 Å². The van der Waals surface area contributed by atoms with Crippen LogP contribution in [0.4, 0.5) is 10.5 Å². The summed E-state index contributed by atoms with van der Waals surface area (Å²) in [5.74, 6) is -2.37.